The van der Waals surface area contributed by atoms with Gasteiger partial charge in [0.25, 0.3) is 0 Å². The van der Waals surface area contributed by atoms with Gasteiger partial charge in [0.15, 0.2) is 12.4 Å². The Morgan fingerprint density at radius 2 is 1.77 bits per heavy atom. The topological polar surface area (TPSA) is 98.6 Å². The average molecular weight is 377 g/mol. The zero-order chi connectivity index (χ0) is 18.7. The van der Waals surface area contributed by atoms with Crippen LogP contribution in [-0.2, 0) is 21.8 Å². The number of aromatic nitrogens is 2. The van der Waals surface area contributed by atoms with E-state index in [9.17, 15) is 18.0 Å². The maximum Gasteiger partial charge on any atom is 0.341 e. The van der Waals surface area contributed by atoms with E-state index >= 15 is 0 Å². The fourth-order valence-corrected chi connectivity index (χ4v) is 4.23. The van der Waals surface area contributed by atoms with Crippen LogP contribution in [0, 0.1) is 0 Å². The van der Waals surface area contributed by atoms with Gasteiger partial charge in [-0.05, 0) is 37.1 Å². The highest BCUT2D eigenvalue weighted by Gasteiger charge is 2.27. The number of hydrogen-bond acceptors (Lipinski definition) is 6. The lowest BCUT2D eigenvalue weighted by atomic mass is 10.1. The normalized spacial score (nSPS) is 15.1. The van der Waals surface area contributed by atoms with E-state index in [1.54, 1.807) is 7.05 Å². The molecule has 9 heteroatoms. The highest BCUT2D eigenvalue weighted by atomic mass is 32.2. The van der Waals surface area contributed by atoms with E-state index in [0.717, 1.165) is 12.8 Å². The summed E-state index contributed by atoms with van der Waals surface area (Å²) in [6.07, 6.45) is 4.56. The summed E-state index contributed by atoms with van der Waals surface area (Å²) in [5.41, 5.74) is 0.539. The number of esters is 1. The Morgan fingerprint density at radius 3 is 2.35 bits per heavy atom. The van der Waals surface area contributed by atoms with Crippen LogP contribution in [0.4, 0.5) is 0 Å². The highest BCUT2D eigenvalue weighted by molar-refractivity contribution is 7.89. The first-order valence-corrected chi connectivity index (χ1v) is 9.61. The van der Waals surface area contributed by atoms with Gasteiger partial charge in [-0.2, -0.15) is 9.40 Å². The molecule has 138 valence electrons. The van der Waals surface area contributed by atoms with Crippen molar-refractivity contribution in [3.63, 3.8) is 0 Å². The van der Waals surface area contributed by atoms with Gasteiger partial charge in [0.1, 0.15) is 0 Å². The van der Waals surface area contributed by atoms with Crippen LogP contribution in [-0.4, -0.2) is 54.0 Å². The van der Waals surface area contributed by atoms with Gasteiger partial charge in [-0.3, -0.25) is 9.48 Å². The predicted octanol–water partition coefficient (Wildman–Crippen LogP) is 1.24. The van der Waals surface area contributed by atoms with E-state index in [2.05, 4.69) is 5.10 Å². The van der Waals surface area contributed by atoms with Crippen LogP contribution in [0.3, 0.4) is 0 Å². The number of aryl methyl sites for hydroxylation is 1. The Bertz CT molecular complexity index is 912. The molecule has 8 nitrogen and oxygen atoms in total. The molecular formula is C17H19N3O5S. The number of nitrogens with zero attached hydrogens (tertiary/aromatic N) is 3. The third-order valence-corrected chi connectivity index (χ3v) is 6.07. The zero-order valence-corrected chi connectivity index (χ0v) is 15.1. The minimum Gasteiger partial charge on any atom is -0.454 e. The number of carbonyl (C=O) groups is 2. The van der Waals surface area contributed by atoms with Gasteiger partial charge in [-0.25, -0.2) is 13.2 Å². The Hall–Kier alpha value is -2.52. The van der Waals surface area contributed by atoms with Gasteiger partial charge in [-0.15, -0.1) is 0 Å². The van der Waals surface area contributed by atoms with E-state index in [4.69, 9.17) is 4.74 Å². The number of hydrogen-bond donors (Lipinski definition) is 0. The standard InChI is InChI=1S/C17H19N3O5S/c1-19-11-14(10-18-19)17(22)25-12-16(21)13-4-6-15(7-5-13)26(23,24)20-8-2-3-9-20/h4-7,10-11H,2-3,8-9,12H2,1H3. The van der Waals surface area contributed by atoms with Gasteiger partial charge in [-0.1, -0.05) is 0 Å². The van der Waals surface area contributed by atoms with Gasteiger partial charge < -0.3 is 4.74 Å². The molecule has 0 bridgehead atoms. The molecule has 1 aromatic carbocycles. The second kappa shape index (κ2) is 7.38. The van der Waals surface area contributed by atoms with Crippen molar-refractivity contribution >= 4 is 21.8 Å². The van der Waals surface area contributed by atoms with E-state index in [1.807, 2.05) is 0 Å². The first-order chi connectivity index (χ1) is 12.4. The molecule has 1 fully saturated rings. The van der Waals surface area contributed by atoms with Gasteiger partial charge in [0.2, 0.25) is 10.0 Å². The Kier molecular flexibility index (Phi) is 5.19. The number of ketones is 1. The molecule has 3 rings (SSSR count). The minimum absolute atomic E-state index is 0.156. The molecule has 0 saturated carbocycles. The van der Waals surface area contributed by atoms with Crippen molar-refractivity contribution in [2.75, 3.05) is 19.7 Å². The maximum atomic E-state index is 12.5. The second-order valence-electron chi connectivity index (χ2n) is 6.04. The highest BCUT2D eigenvalue weighted by Crippen LogP contribution is 2.21. The van der Waals surface area contributed by atoms with Crippen LogP contribution >= 0.6 is 0 Å². The minimum atomic E-state index is -3.51. The van der Waals surface area contributed by atoms with Crippen LogP contribution < -0.4 is 0 Å². The van der Waals surface area contributed by atoms with E-state index in [-0.39, 0.29) is 16.0 Å². The third-order valence-electron chi connectivity index (χ3n) is 4.15. The molecule has 0 spiro atoms. The quantitative estimate of drug-likeness (QED) is 0.555. The van der Waals surface area contributed by atoms with Crippen molar-refractivity contribution in [2.24, 2.45) is 7.05 Å². The van der Waals surface area contributed by atoms with Gasteiger partial charge in [0.05, 0.1) is 16.7 Å². The van der Waals surface area contributed by atoms with Gasteiger partial charge >= 0.3 is 5.97 Å². The number of carbonyl (C=O) groups excluding carboxylic acids is 2. The average Bonchev–Trinajstić information content (AvgIpc) is 3.31. The van der Waals surface area contributed by atoms with Crippen molar-refractivity contribution in [1.29, 1.82) is 0 Å². The third kappa shape index (κ3) is 3.83. The smallest absolute Gasteiger partial charge is 0.341 e. The van der Waals surface area contributed by atoms with Crippen molar-refractivity contribution in [3.05, 3.63) is 47.8 Å². The molecule has 0 N–H and O–H groups in total. The summed E-state index contributed by atoms with van der Waals surface area (Å²) in [5.74, 6) is -1.05. The zero-order valence-electron chi connectivity index (χ0n) is 14.3. The summed E-state index contributed by atoms with van der Waals surface area (Å²) in [4.78, 5) is 24.1. The molecular weight excluding hydrogens is 358 g/mol. The molecule has 0 amide bonds. The van der Waals surface area contributed by atoms with E-state index in [1.165, 1.54) is 45.6 Å². The maximum absolute atomic E-state index is 12.5. The fraction of sp³-hybridized carbons (Fsp3) is 0.353. The molecule has 0 unspecified atom stereocenters. The number of rotatable bonds is 6. The van der Waals surface area contributed by atoms with Crippen LogP contribution in [0.1, 0.15) is 33.6 Å². The molecule has 0 atom stereocenters. The molecule has 0 aliphatic carbocycles. The summed E-state index contributed by atoms with van der Waals surface area (Å²) >= 11 is 0. The summed E-state index contributed by atoms with van der Waals surface area (Å²) in [5, 5.41) is 3.86. The lowest BCUT2D eigenvalue weighted by Crippen LogP contribution is -2.27. The van der Waals surface area contributed by atoms with Gasteiger partial charge in [0, 0.05) is 31.9 Å². The summed E-state index contributed by atoms with van der Waals surface area (Å²) in [6.45, 7) is 0.618. The first kappa shape index (κ1) is 18.3. The van der Waals surface area contributed by atoms with Crippen molar-refractivity contribution in [1.82, 2.24) is 14.1 Å². The molecule has 2 heterocycles. The van der Waals surface area contributed by atoms with Crippen molar-refractivity contribution in [3.8, 4) is 0 Å². The monoisotopic (exact) mass is 377 g/mol. The molecule has 1 aliphatic rings. The van der Waals surface area contributed by atoms with E-state index in [0.29, 0.717) is 13.1 Å². The van der Waals surface area contributed by atoms with Crippen molar-refractivity contribution < 1.29 is 22.7 Å². The fourth-order valence-electron chi connectivity index (χ4n) is 2.71. The first-order valence-electron chi connectivity index (χ1n) is 8.17. The van der Waals surface area contributed by atoms with Crippen molar-refractivity contribution in [2.45, 2.75) is 17.7 Å². The van der Waals surface area contributed by atoms with E-state index < -0.39 is 28.4 Å². The summed E-state index contributed by atoms with van der Waals surface area (Å²) in [7, 11) is -1.85. The molecule has 2 aromatic rings. The Balaban J connectivity index is 1.62. The number of benzene rings is 1. The van der Waals surface area contributed by atoms with Crippen LogP contribution in [0.25, 0.3) is 0 Å². The number of sulfonamides is 1. The molecule has 1 aliphatic heterocycles. The number of ether oxygens (including phenoxy) is 1. The predicted molar refractivity (Wildman–Crippen MR) is 92.3 cm³/mol. The molecule has 26 heavy (non-hydrogen) atoms. The summed E-state index contributed by atoms with van der Waals surface area (Å²) in [6, 6.07) is 5.68. The Labute approximate surface area is 151 Å². The molecule has 1 aromatic heterocycles. The van der Waals surface area contributed by atoms with Crippen LogP contribution in [0.2, 0.25) is 0 Å². The lowest BCUT2D eigenvalue weighted by Gasteiger charge is -2.15. The van der Waals surface area contributed by atoms with Crippen LogP contribution in [0.15, 0.2) is 41.6 Å². The lowest BCUT2D eigenvalue weighted by molar-refractivity contribution is 0.0474. The SMILES string of the molecule is Cn1cc(C(=O)OCC(=O)c2ccc(S(=O)(=O)N3CCCC3)cc2)cn1. The number of Topliss-reactive ketones (excluding diaryl/α,β-unsaturated/α-hetero) is 1. The Morgan fingerprint density at radius 1 is 1.12 bits per heavy atom. The van der Waals surface area contributed by atoms with Crippen LogP contribution in [0.5, 0.6) is 0 Å². The summed E-state index contributed by atoms with van der Waals surface area (Å²) < 4.78 is 32.8. The largest absolute Gasteiger partial charge is 0.454 e. The second-order valence-corrected chi connectivity index (χ2v) is 7.98. The molecule has 0 radical (unpaired) electrons. The molecule has 1 saturated heterocycles.